The van der Waals surface area contributed by atoms with Crippen LogP contribution in [0, 0.1) is 10.1 Å². The predicted molar refractivity (Wildman–Crippen MR) is 122 cm³/mol. The second kappa shape index (κ2) is 9.57. The maximum atomic E-state index is 12.1. The fourth-order valence-electron chi connectivity index (χ4n) is 4.53. The van der Waals surface area contributed by atoms with Crippen LogP contribution in [0.4, 0.5) is 17.3 Å². The molecule has 2 fully saturated rings. The first kappa shape index (κ1) is 21.5. The average molecular weight is 426 g/mol. The van der Waals surface area contributed by atoms with Crippen molar-refractivity contribution in [3.63, 3.8) is 0 Å². The van der Waals surface area contributed by atoms with Crippen molar-refractivity contribution in [1.82, 2.24) is 19.8 Å². The third-order valence-electron chi connectivity index (χ3n) is 6.46. The highest BCUT2D eigenvalue weighted by atomic mass is 16.6. The summed E-state index contributed by atoms with van der Waals surface area (Å²) in [5.41, 5.74) is 1.31. The second-order valence-corrected chi connectivity index (χ2v) is 8.52. The molecule has 1 aromatic carbocycles. The van der Waals surface area contributed by atoms with E-state index in [-0.39, 0.29) is 16.7 Å². The average Bonchev–Trinajstić information content (AvgIpc) is 2.80. The number of benzene rings is 1. The first-order chi connectivity index (χ1) is 15.0. The van der Waals surface area contributed by atoms with Gasteiger partial charge in [0.1, 0.15) is 6.33 Å². The second-order valence-electron chi connectivity index (χ2n) is 8.52. The summed E-state index contributed by atoms with van der Waals surface area (Å²) in [5.74, 6) is 0.866. The van der Waals surface area contributed by atoms with Crippen LogP contribution in [0.1, 0.15) is 18.4 Å². The molecular formula is C22H31N7O2. The highest BCUT2D eigenvalue weighted by molar-refractivity contribution is 5.71. The summed E-state index contributed by atoms with van der Waals surface area (Å²) < 4.78 is 0. The van der Waals surface area contributed by atoms with Gasteiger partial charge in [-0.25, -0.2) is 9.97 Å². The predicted octanol–water partition coefficient (Wildman–Crippen LogP) is 2.24. The van der Waals surface area contributed by atoms with Crippen LogP contribution in [0.25, 0.3) is 0 Å². The maximum absolute atomic E-state index is 12.1. The molecule has 2 saturated heterocycles. The molecule has 2 aromatic rings. The van der Waals surface area contributed by atoms with Crippen molar-refractivity contribution in [3.8, 4) is 0 Å². The van der Waals surface area contributed by atoms with Crippen LogP contribution in [-0.2, 0) is 6.54 Å². The van der Waals surface area contributed by atoms with Crippen molar-refractivity contribution < 1.29 is 4.92 Å². The fraction of sp³-hybridized carbons (Fsp3) is 0.545. The molecule has 2 aliphatic rings. The maximum Gasteiger partial charge on any atom is 0.353 e. The van der Waals surface area contributed by atoms with Crippen molar-refractivity contribution >= 4 is 17.3 Å². The summed E-state index contributed by atoms with van der Waals surface area (Å²) in [6.45, 7) is 5.98. The molecule has 3 heterocycles. The normalized spacial score (nSPS) is 18.8. The van der Waals surface area contributed by atoms with Gasteiger partial charge in [0.15, 0.2) is 0 Å². The van der Waals surface area contributed by atoms with E-state index >= 15 is 0 Å². The van der Waals surface area contributed by atoms with Crippen molar-refractivity contribution in [2.45, 2.75) is 25.4 Å². The zero-order chi connectivity index (χ0) is 21.8. The Kier molecular flexibility index (Phi) is 6.62. The standard InChI is InChI=1S/C22H31N7O2/c1-25-10-8-19(9-11-25)26(2)21-20(29(30)31)22(24-17-23-21)28-14-12-27(13-15-28)16-18-6-4-3-5-7-18/h3-7,17,19H,8-16H2,1-2H3. The summed E-state index contributed by atoms with van der Waals surface area (Å²) in [6.07, 6.45) is 3.42. The summed E-state index contributed by atoms with van der Waals surface area (Å²) in [4.78, 5) is 29.2. The van der Waals surface area contributed by atoms with E-state index in [1.54, 1.807) is 0 Å². The molecule has 0 radical (unpaired) electrons. The SMILES string of the molecule is CN1CCC(N(C)c2ncnc(N3CCN(Cc4ccccc4)CC3)c2[N+](=O)[O-])CC1. The van der Waals surface area contributed by atoms with Crippen molar-refractivity contribution in [2.24, 2.45) is 0 Å². The van der Waals surface area contributed by atoms with E-state index in [4.69, 9.17) is 0 Å². The fourth-order valence-corrected chi connectivity index (χ4v) is 4.53. The van der Waals surface area contributed by atoms with Crippen molar-refractivity contribution in [3.05, 3.63) is 52.3 Å². The van der Waals surface area contributed by atoms with Crippen LogP contribution < -0.4 is 9.80 Å². The number of nitro groups is 1. The molecular weight excluding hydrogens is 394 g/mol. The summed E-state index contributed by atoms with van der Waals surface area (Å²) in [5, 5.41) is 12.1. The van der Waals surface area contributed by atoms with E-state index in [1.165, 1.54) is 11.9 Å². The number of rotatable bonds is 6. The first-order valence-corrected chi connectivity index (χ1v) is 10.9. The third-order valence-corrected chi connectivity index (χ3v) is 6.46. The first-order valence-electron chi connectivity index (χ1n) is 10.9. The Hall–Kier alpha value is -2.78. The topological polar surface area (TPSA) is 81.9 Å². The van der Waals surface area contributed by atoms with Gasteiger partial charge in [-0.2, -0.15) is 0 Å². The Bertz CT molecular complexity index is 879. The van der Waals surface area contributed by atoms with Crippen LogP contribution in [-0.4, -0.2) is 84.1 Å². The molecule has 0 spiro atoms. The highest BCUT2D eigenvalue weighted by Gasteiger charge is 2.33. The lowest BCUT2D eigenvalue weighted by Crippen LogP contribution is -2.46. The number of piperazine rings is 1. The Morgan fingerprint density at radius 3 is 2.39 bits per heavy atom. The van der Waals surface area contributed by atoms with Gasteiger partial charge in [-0.05, 0) is 38.5 Å². The van der Waals surface area contributed by atoms with Gasteiger partial charge in [0.25, 0.3) is 0 Å². The summed E-state index contributed by atoms with van der Waals surface area (Å²) in [6, 6.07) is 10.6. The van der Waals surface area contributed by atoms with Crippen LogP contribution in [0.3, 0.4) is 0 Å². The quantitative estimate of drug-likeness (QED) is 0.515. The Balaban J connectivity index is 1.48. The molecule has 4 rings (SSSR count). The van der Waals surface area contributed by atoms with Gasteiger partial charge in [-0.3, -0.25) is 15.0 Å². The molecule has 9 heteroatoms. The molecule has 0 bridgehead atoms. The molecule has 0 saturated carbocycles. The minimum Gasteiger partial charge on any atom is -0.351 e. The minimum absolute atomic E-state index is 0.0282. The van der Waals surface area contributed by atoms with Crippen LogP contribution >= 0.6 is 0 Å². The molecule has 0 N–H and O–H groups in total. The molecule has 9 nitrogen and oxygen atoms in total. The van der Waals surface area contributed by atoms with Crippen LogP contribution in [0.2, 0.25) is 0 Å². The van der Waals surface area contributed by atoms with E-state index in [2.05, 4.69) is 51.1 Å². The number of hydrogen-bond acceptors (Lipinski definition) is 8. The lowest BCUT2D eigenvalue weighted by molar-refractivity contribution is -0.383. The third kappa shape index (κ3) is 4.94. The zero-order valence-corrected chi connectivity index (χ0v) is 18.4. The highest BCUT2D eigenvalue weighted by Crippen LogP contribution is 2.36. The molecule has 0 unspecified atom stereocenters. The Morgan fingerprint density at radius 1 is 1.06 bits per heavy atom. The lowest BCUT2D eigenvalue weighted by atomic mass is 10.0. The van der Waals surface area contributed by atoms with Gasteiger partial charge in [-0.15, -0.1) is 0 Å². The Morgan fingerprint density at radius 2 is 1.74 bits per heavy atom. The van der Waals surface area contributed by atoms with E-state index < -0.39 is 0 Å². The van der Waals surface area contributed by atoms with Gasteiger partial charge in [-0.1, -0.05) is 30.3 Å². The lowest BCUT2D eigenvalue weighted by Gasteiger charge is -2.37. The molecule has 0 atom stereocenters. The van der Waals surface area contributed by atoms with Gasteiger partial charge in [0, 0.05) is 45.8 Å². The summed E-state index contributed by atoms with van der Waals surface area (Å²) >= 11 is 0. The number of aromatic nitrogens is 2. The number of hydrogen-bond donors (Lipinski definition) is 0. The minimum atomic E-state index is -0.313. The molecule has 2 aliphatic heterocycles. The Labute approximate surface area is 183 Å². The largest absolute Gasteiger partial charge is 0.353 e. The number of piperidine rings is 1. The van der Waals surface area contributed by atoms with Crippen molar-refractivity contribution in [2.75, 3.05) is 63.2 Å². The number of anilines is 2. The molecule has 31 heavy (non-hydrogen) atoms. The molecule has 166 valence electrons. The zero-order valence-electron chi connectivity index (χ0n) is 18.4. The van der Waals surface area contributed by atoms with E-state index in [0.29, 0.717) is 24.7 Å². The van der Waals surface area contributed by atoms with E-state index in [1.807, 2.05) is 22.9 Å². The number of nitrogens with zero attached hydrogens (tertiary/aromatic N) is 7. The van der Waals surface area contributed by atoms with Gasteiger partial charge >= 0.3 is 5.69 Å². The van der Waals surface area contributed by atoms with Crippen LogP contribution in [0.15, 0.2) is 36.7 Å². The van der Waals surface area contributed by atoms with Gasteiger partial charge in [0.2, 0.25) is 11.6 Å². The summed E-state index contributed by atoms with van der Waals surface area (Å²) in [7, 11) is 4.03. The molecule has 0 aliphatic carbocycles. The smallest absolute Gasteiger partial charge is 0.351 e. The number of likely N-dealkylation sites (tertiary alicyclic amines) is 1. The van der Waals surface area contributed by atoms with Gasteiger partial charge < -0.3 is 14.7 Å². The molecule has 1 aromatic heterocycles. The molecule has 0 amide bonds. The monoisotopic (exact) mass is 425 g/mol. The van der Waals surface area contributed by atoms with Crippen molar-refractivity contribution in [1.29, 1.82) is 0 Å². The van der Waals surface area contributed by atoms with Crippen LogP contribution in [0.5, 0.6) is 0 Å². The van der Waals surface area contributed by atoms with E-state index in [0.717, 1.165) is 45.6 Å². The van der Waals surface area contributed by atoms with Gasteiger partial charge in [0.05, 0.1) is 4.92 Å². The van der Waals surface area contributed by atoms with E-state index in [9.17, 15) is 10.1 Å².